The van der Waals surface area contributed by atoms with E-state index in [-0.39, 0.29) is 18.6 Å². The molecule has 2 amide bonds. The molecule has 0 bridgehead atoms. The maximum Gasteiger partial charge on any atom is 0.401 e. The van der Waals surface area contributed by atoms with Gasteiger partial charge in [-0.2, -0.15) is 13.2 Å². The Balaban J connectivity index is 2.34. The molecule has 8 heteroatoms. The number of amides is 2. The van der Waals surface area contributed by atoms with Crippen LogP contribution in [0.25, 0.3) is 0 Å². The number of nitrogens with one attached hydrogen (secondary N) is 2. The molecule has 0 radical (unpaired) electrons. The minimum atomic E-state index is -4.20. The van der Waals surface area contributed by atoms with Crippen molar-refractivity contribution in [3.05, 3.63) is 29.8 Å². The molecular weight excluding hydrogens is 335 g/mol. The SMILES string of the molecule is CCC(NC(=O)NCCCN(C)CC(F)(F)F)c1ccc(OC)cc1. The molecule has 142 valence electrons. The lowest BCUT2D eigenvalue weighted by Gasteiger charge is -2.20. The summed E-state index contributed by atoms with van der Waals surface area (Å²) in [6.45, 7) is 1.58. The van der Waals surface area contributed by atoms with E-state index in [1.807, 2.05) is 31.2 Å². The fourth-order valence-corrected chi connectivity index (χ4v) is 2.40. The van der Waals surface area contributed by atoms with Gasteiger partial charge < -0.3 is 15.4 Å². The number of ether oxygens (including phenoxy) is 1. The van der Waals surface area contributed by atoms with E-state index < -0.39 is 12.7 Å². The molecule has 5 nitrogen and oxygen atoms in total. The third-order valence-electron chi connectivity index (χ3n) is 3.68. The van der Waals surface area contributed by atoms with Gasteiger partial charge in [0.05, 0.1) is 19.7 Å². The number of hydrogen-bond acceptors (Lipinski definition) is 3. The molecule has 1 aromatic carbocycles. The normalized spacial score (nSPS) is 12.8. The van der Waals surface area contributed by atoms with E-state index in [2.05, 4.69) is 10.6 Å². The summed E-state index contributed by atoms with van der Waals surface area (Å²) in [6.07, 6.45) is -3.04. The molecule has 0 spiro atoms. The zero-order chi connectivity index (χ0) is 18.9. The third kappa shape index (κ3) is 8.62. The maximum atomic E-state index is 12.2. The zero-order valence-electron chi connectivity index (χ0n) is 14.8. The number of hydrogen-bond donors (Lipinski definition) is 2. The summed E-state index contributed by atoms with van der Waals surface area (Å²) in [5.74, 6) is 0.742. The molecule has 1 atom stereocenters. The minimum absolute atomic E-state index is 0.140. The van der Waals surface area contributed by atoms with E-state index in [9.17, 15) is 18.0 Å². The Morgan fingerprint density at radius 3 is 2.44 bits per heavy atom. The van der Waals surface area contributed by atoms with E-state index >= 15 is 0 Å². The van der Waals surface area contributed by atoms with E-state index in [4.69, 9.17) is 4.74 Å². The Labute approximate surface area is 146 Å². The molecule has 0 aliphatic rings. The summed E-state index contributed by atoms with van der Waals surface area (Å²) >= 11 is 0. The molecule has 0 fully saturated rings. The van der Waals surface area contributed by atoms with Crippen LogP contribution in [-0.4, -0.2) is 50.9 Å². The van der Waals surface area contributed by atoms with Crippen LogP contribution in [0.15, 0.2) is 24.3 Å². The first kappa shape index (κ1) is 21.1. The van der Waals surface area contributed by atoms with Crippen LogP contribution in [0.5, 0.6) is 5.75 Å². The largest absolute Gasteiger partial charge is 0.497 e. The molecule has 0 saturated heterocycles. The Bertz CT molecular complexity index is 521. The van der Waals surface area contributed by atoms with Crippen molar-refractivity contribution in [1.29, 1.82) is 0 Å². The van der Waals surface area contributed by atoms with Crippen molar-refractivity contribution < 1.29 is 22.7 Å². The van der Waals surface area contributed by atoms with Crippen LogP contribution in [0.1, 0.15) is 31.4 Å². The van der Waals surface area contributed by atoms with Gasteiger partial charge in [-0.3, -0.25) is 4.90 Å². The van der Waals surface area contributed by atoms with Crippen molar-refractivity contribution in [3.63, 3.8) is 0 Å². The van der Waals surface area contributed by atoms with Crippen molar-refractivity contribution in [2.75, 3.05) is 33.8 Å². The molecule has 2 N–H and O–H groups in total. The lowest BCUT2D eigenvalue weighted by atomic mass is 10.0. The number of benzene rings is 1. The van der Waals surface area contributed by atoms with Crippen LogP contribution in [0.4, 0.5) is 18.0 Å². The topological polar surface area (TPSA) is 53.6 Å². The number of nitrogens with zero attached hydrogens (tertiary/aromatic N) is 1. The van der Waals surface area contributed by atoms with E-state index in [1.165, 1.54) is 11.9 Å². The molecule has 25 heavy (non-hydrogen) atoms. The van der Waals surface area contributed by atoms with Crippen molar-refractivity contribution in [1.82, 2.24) is 15.5 Å². The van der Waals surface area contributed by atoms with Crippen LogP contribution in [0.3, 0.4) is 0 Å². The Kier molecular flexibility index (Phi) is 8.54. The van der Waals surface area contributed by atoms with Gasteiger partial charge in [0.2, 0.25) is 0 Å². The zero-order valence-corrected chi connectivity index (χ0v) is 14.8. The number of halogens is 3. The lowest BCUT2D eigenvalue weighted by molar-refractivity contribution is -0.143. The number of carbonyl (C=O) groups is 1. The Morgan fingerprint density at radius 1 is 1.28 bits per heavy atom. The fourth-order valence-electron chi connectivity index (χ4n) is 2.40. The quantitative estimate of drug-likeness (QED) is 0.664. The number of methoxy groups -OCH3 is 1. The summed E-state index contributed by atoms with van der Waals surface area (Å²) < 4.78 is 41.7. The highest BCUT2D eigenvalue weighted by Crippen LogP contribution is 2.20. The average Bonchev–Trinajstić information content (AvgIpc) is 2.55. The predicted molar refractivity (Wildman–Crippen MR) is 90.7 cm³/mol. The smallest absolute Gasteiger partial charge is 0.401 e. The van der Waals surface area contributed by atoms with Gasteiger partial charge in [-0.15, -0.1) is 0 Å². The van der Waals surface area contributed by atoms with Crippen molar-refractivity contribution >= 4 is 6.03 Å². The fraction of sp³-hybridized carbons (Fsp3) is 0.588. The second kappa shape index (κ2) is 10.1. The molecule has 1 unspecified atom stereocenters. The predicted octanol–water partition coefficient (Wildman–Crippen LogP) is 3.33. The molecule has 0 saturated carbocycles. The first-order valence-electron chi connectivity index (χ1n) is 8.18. The summed E-state index contributed by atoms with van der Waals surface area (Å²) in [5, 5.41) is 5.54. The highest BCUT2D eigenvalue weighted by atomic mass is 19.4. The van der Waals surface area contributed by atoms with Crippen molar-refractivity contribution in [2.24, 2.45) is 0 Å². The summed E-state index contributed by atoms with van der Waals surface area (Å²) in [7, 11) is 2.99. The van der Waals surface area contributed by atoms with Gasteiger partial charge in [0, 0.05) is 6.54 Å². The van der Waals surface area contributed by atoms with Crippen LogP contribution < -0.4 is 15.4 Å². The second-order valence-electron chi connectivity index (χ2n) is 5.84. The molecule has 1 aromatic rings. The summed E-state index contributed by atoms with van der Waals surface area (Å²) in [4.78, 5) is 13.1. The van der Waals surface area contributed by atoms with E-state index in [0.717, 1.165) is 11.3 Å². The second-order valence-corrected chi connectivity index (χ2v) is 5.84. The molecule has 0 aliphatic carbocycles. The third-order valence-corrected chi connectivity index (χ3v) is 3.68. The standard InChI is InChI=1S/C17H26F3N3O2/c1-4-15(13-6-8-14(25-3)9-7-13)22-16(24)21-10-5-11-23(2)12-17(18,19)20/h6-9,15H,4-5,10-12H2,1-3H3,(H2,21,22,24). The van der Waals surface area contributed by atoms with E-state index in [1.54, 1.807) is 7.11 Å². The van der Waals surface area contributed by atoms with Gasteiger partial charge in [0.15, 0.2) is 0 Å². The van der Waals surface area contributed by atoms with Gasteiger partial charge >= 0.3 is 12.2 Å². The maximum absolute atomic E-state index is 12.2. The Morgan fingerprint density at radius 2 is 1.92 bits per heavy atom. The van der Waals surface area contributed by atoms with E-state index in [0.29, 0.717) is 19.4 Å². The van der Waals surface area contributed by atoms with Crippen LogP contribution >= 0.6 is 0 Å². The van der Waals surface area contributed by atoms with Gasteiger partial charge in [-0.1, -0.05) is 19.1 Å². The molecule has 0 aromatic heterocycles. The molecule has 0 heterocycles. The number of carbonyl (C=O) groups excluding carboxylic acids is 1. The first-order valence-corrected chi connectivity index (χ1v) is 8.18. The van der Waals surface area contributed by atoms with Crippen LogP contribution in [0.2, 0.25) is 0 Å². The van der Waals surface area contributed by atoms with Crippen LogP contribution in [0, 0.1) is 0 Å². The van der Waals surface area contributed by atoms with Gasteiger partial charge in [0.1, 0.15) is 5.75 Å². The van der Waals surface area contributed by atoms with Crippen LogP contribution in [-0.2, 0) is 0 Å². The molecule has 0 aliphatic heterocycles. The summed E-state index contributed by atoms with van der Waals surface area (Å²) in [5.41, 5.74) is 0.961. The van der Waals surface area contributed by atoms with Gasteiger partial charge in [-0.25, -0.2) is 4.79 Å². The van der Waals surface area contributed by atoms with Crippen molar-refractivity contribution in [3.8, 4) is 5.75 Å². The molecular formula is C17H26F3N3O2. The Hall–Kier alpha value is -1.96. The monoisotopic (exact) mass is 361 g/mol. The molecule has 1 rings (SSSR count). The highest BCUT2D eigenvalue weighted by Gasteiger charge is 2.28. The van der Waals surface area contributed by atoms with Gasteiger partial charge in [0.25, 0.3) is 0 Å². The van der Waals surface area contributed by atoms with Crippen molar-refractivity contribution in [2.45, 2.75) is 32.0 Å². The number of urea groups is 1. The van der Waals surface area contributed by atoms with Gasteiger partial charge in [-0.05, 0) is 44.1 Å². The number of rotatable bonds is 9. The first-order chi connectivity index (χ1) is 11.7. The minimum Gasteiger partial charge on any atom is -0.497 e. The number of alkyl halides is 3. The average molecular weight is 361 g/mol. The summed E-state index contributed by atoms with van der Waals surface area (Å²) in [6, 6.07) is 6.96. The highest BCUT2D eigenvalue weighted by molar-refractivity contribution is 5.74. The lowest BCUT2D eigenvalue weighted by Crippen LogP contribution is -2.39.